The average Bonchev–Trinajstić information content (AvgIpc) is 3.23. The molecule has 2 heterocycles. The van der Waals surface area contributed by atoms with Gasteiger partial charge < -0.3 is 20.4 Å². The molecular weight excluding hydrogens is 466 g/mol. The number of carbonyl (C=O) groups is 3. The van der Waals surface area contributed by atoms with Crippen LogP contribution in [0.3, 0.4) is 0 Å². The molecule has 4 aromatic rings. The quantitative estimate of drug-likeness (QED) is 0.318. The summed E-state index contributed by atoms with van der Waals surface area (Å²) in [6.45, 7) is -0.677. The number of ether oxygens (including phenoxy) is 1. The predicted octanol–water partition coefficient (Wildman–Crippen LogP) is 3.38. The summed E-state index contributed by atoms with van der Waals surface area (Å²) in [6.07, 6.45) is 3.62. The van der Waals surface area contributed by atoms with E-state index < -0.39 is 24.4 Å². The molecule has 0 radical (unpaired) electrons. The van der Waals surface area contributed by atoms with E-state index in [9.17, 15) is 19.2 Å². The van der Waals surface area contributed by atoms with Gasteiger partial charge in [-0.25, -0.2) is 0 Å². The zero-order valence-corrected chi connectivity index (χ0v) is 19.7. The van der Waals surface area contributed by atoms with Crippen molar-refractivity contribution in [2.75, 3.05) is 11.9 Å². The van der Waals surface area contributed by atoms with E-state index in [1.165, 1.54) is 11.3 Å². The smallest absolute Gasteiger partial charge is 0.326 e. The van der Waals surface area contributed by atoms with Gasteiger partial charge in [-0.3, -0.25) is 19.2 Å². The molecule has 2 amide bonds. The predicted molar refractivity (Wildman–Crippen MR) is 135 cm³/mol. The highest BCUT2D eigenvalue weighted by Crippen LogP contribution is 2.37. The van der Waals surface area contributed by atoms with E-state index in [0.717, 1.165) is 36.1 Å². The topological polar surface area (TPSA) is 120 Å². The number of nitrogens with zero attached hydrogens (tertiary/aromatic N) is 1. The number of fused-ring (bicyclic) bond motifs is 3. The van der Waals surface area contributed by atoms with E-state index in [-0.39, 0.29) is 12.0 Å². The van der Waals surface area contributed by atoms with Gasteiger partial charge in [0.05, 0.1) is 16.6 Å². The molecule has 1 aliphatic rings. The zero-order valence-electron chi connectivity index (χ0n) is 18.8. The number of aromatic nitrogens is 1. The first kappa shape index (κ1) is 22.8. The van der Waals surface area contributed by atoms with Gasteiger partial charge in [0.2, 0.25) is 0 Å². The lowest BCUT2D eigenvalue weighted by Crippen LogP contribution is -2.25. The number of aryl methyl sites for hydroxylation is 1. The lowest BCUT2D eigenvalue weighted by Gasteiger charge is -2.14. The number of anilines is 1. The van der Waals surface area contributed by atoms with Crippen molar-refractivity contribution in [1.29, 1.82) is 0 Å². The molecule has 0 unspecified atom stereocenters. The van der Waals surface area contributed by atoms with E-state index in [4.69, 9.17) is 10.5 Å². The number of primary amides is 1. The Morgan fingerprint density at radius 1 is 0.971 bits per heavy atom. The Bertz CT molecular complexity index is 1490. The molecule has 0 bridgehead atoms. The molecule has 3 N–H and O–H groups in total. The summed E-state index contributed by atoms with van der Waals surface area (Å²) in [5.41, 5.74) is 7.95. The molecule has 0 spiro atoms. The summed E-state index contributed by atoms with van der Waals surface area (Å²) in [7, 11) is 0. The van der Waals surface area contributed by atoms with E-state index >= 15 is 0 Å². The molecule has 35 heavy (non-hydrogen) atoms. The number of nitrogens with two attached hydrogens (primary N) is 1. The minimum absolute atomic E-state index is 0.107. The van der Waals surface area contributed by atoms with Crippen LogP contribution < -0.4 is 16.5 Å². The van der Waals surface area contributed by atoms with Gasteiger partial charge in [-0.05, 0) is 55.5 Å². The maximum Gasteiger partial charge on any atom is 0.326 e. The summed E-state index contributed by atoms with van der Waals surface area (Å²) in [5, 5.41) is 4.09. The Morgan fingerprint density at radius 3 is 2.26 bits per heavy atom. The van der Waals surface area contributed by atoms with Crippen molar-refractivity contribution in [3.63, 3.8) is 0 Å². The molecule has 0 saturated carbocycles. The van der Waals surface area contributed by atoms with Gasteiger partial charge in [0.25, 0.3) is 11.8 Å². The van der Waals surface area contributed by atoms with Crippen molar-refractivity contribution in [3.8, 4) is 0 Å². The number of hydrogen-bond acceptors (Lipinski definition) is 6. The van der Waals surface area contributed by atoms with Crippen LogP contribution in [-0.2, 0) is 33.7 Å². The number of thiophene rings is 1. The highest BCUT2D eigenvalue weighted by atomic mass is 32.1. The molecule has 178 valence electrons. The van der Waals surface area contributed by atoms with E-state index in [1.807, 2.05) is 0 Å². The van der Waals surface area contributed by atoms with Crippen LogP contribution in [0, 0.1) is 0 Å². The summed E-state index contributed by atoms with van der Waals surface area (Å²) in [5.74, 6) is -1.75. The van der Waals surface area contributed by atoms with E-state index in [0.29, 0.717) is 32.4 Å². The second kappa shape index (κ2) is 9.34. The minimum atomic E-state index is -0.625. The van der Waals surface area contributed by atoms with Crippen molar-refractivity contribution in [1.82, 2.24) is 4.57 Å². The molecule has 0 fully saturated rings. The normalized spacial score (nSPS) is 12.9. The molecule has 0 atom stereocenters. The molecule has 8 nitrogen and oxygen atoms in total. The Balaban J connectivity index is 1.33. The number of pyridine rings is 1. The third-order valence-corrected chi connectivity index (χ3v) is 7.41. The standard InChI is InChI=1S/C26H23N3O5S/c27-25(33)23-17-9-3-6-12-20(17)35-26(23)28-21(30)14-34-22(31)13-29-18-10-4-1-7-15(18)24(32)16-8-2-5-11-19(16)29/h1-2,4-5,7-8,10-11H,3,6,9,12-14H2,(H2,27,33)(H,28,30). The minimum Gasteiger partial charge on any atom is -0.454 e. The second-order valence-corrected chi connectivity index (χ2v) is 9.54. The van der Waals surface area contributed by atoms with Gasteiger partial charge in [-0.2, -0.15) is 0 Å². The van der Waals surface area contributed by atoms with Crippen molar-refractivity contribution in [3.05, 3.63) is 74.8 Å². The lowest BCUT2D eigenvalue weighted by atomic mass is 9.95. The summed E-state index contributed by atoms with van der Waals surface area (Å²) < 4.78 is 6.96. The van der Waals surface area contributed by atoms with E-state index in [2.05, 4.69) is 5.32 Å². The number of benzene rings is 2. The molecule has 5 rings (SSSR count). The van der Waals surface area contributed by atoms with Crippen LogP contribution in [0.25, 0.3) is 21.8 Å². The van der Waals surface area contributed by atoms with Crippen LogP contribution in [0.15, 0.2) is 53.3 Å². The maximum atomic E-state index is 12.8. The SMILES string of the molecule is NC(=O)c1c(NC(=O)COC(=O)Cn2c3ccccc3c(=O)c3ccccc32)sc2c1CCCC2. The van der Waals surface area contributed by atoms with Gasteiger partial charge in [0.1, 0.15) is 11.5 Å². The van der Waals surface area contributed by atoms with Gasteiger partial charge in [0.15, 0.2) is 12.0 Å². The summed E-state index contributed by atoms with van der Waals surface area (Å²) in [6, 6.07) is 14.1. The van der Waals surface area contributed by atoms with Gasteiger partial charge in [-0.1, -0.05) is 24.3 Å². The summed E-state index contributed by atoms with van der Waals surface area (Å²) in [4.78, 5) is 51.2. The number of nitrogens with one attached hydrogen (secondary N) is 1. The molecule has 0 aliphatic heterocycles. The third kappa shape index (κ3) is 4.30. The fourth-order valence-corrected chi connectivity index (χ4v) is 5.96. The Kier molecular flexibility index (Phi) is 6.08. The Hall–Kier alpha value is -3.98. The fourth-order valence-electron chi connectivity index (χ4n) is 4.65. The number of rotatable bonds is 6. The van der Waals surface area contributed by atoms with Crippen molar-refractivity contribution < 1.29 is 19.1 Å². The molecule has 2 aromatic carbocycles. The maximum absolute atomic E-state index is 12.8. The monoisotopic (exact) mass is 489 g/mol. The number of carbonyl (C=O) groups excluding carboxylic acids is 3. The first-order valence-electron chi connectivity index (χ1n) is 11.3. The highest BCUT2D eigenvalue weighted by Gasteiger charge is 2.25. The molecule has 1 aliphatic carbocycles. The summed E-state index contributed by atoms with van der Waals surface area (Å²) >= 11 is 1.35. The number of hydrogen-bond donors (Lipinski definition) is 2. The highest BCUT2D eigenvalue weighted by molar-refractivity contribution is 7.17. The fraction of sp³-hybridized carbons (Fsp3) is 0.231. The van der Waals surface area contributed by atoms with Crippen LogP contribution in [0.1, 0.15) is 33.6 Å². The number of amides is 2. The Labute approximate surface area is 204 Å². The van der Waals surface area contributed by atoms with Crippen LogP contribution in [0.4, 0.5) is 5.00 Å². The molecular formula is C26H23N3O5S. The van der Waals surface area contributed by atoms with Crippen LogP contribution in [0.5, 0.6) is 0 Å². The van der Waals surface area contributed by atoms with Crippen LogP contribution in [-0.4, -0.2) is 29.0 Å². The van der Waals surface area contributed by atoms with Crippen molar-refractivity contribution >= 4 is 55.9 Å². The lowest BCUT2D eigenvalue weighted by molar-refractivity contribution is -0.147. The van der Waals surface area contributed by atoms with Crippen LogP contribution >= 0.6 is 11.3 Å². The molecule has 2 aromatic heterocycles. The van der Waals surface area contributed by atoms with Gasteiger partial charge in [-0.15, -0.1) is 11.3 Å². The number of esters is 1. The second-order valence-electron chi connectivity index (χ2n) is 8.44. The van der Waals surface area contributed by atoms with E-state index in [1.54, 1.807) is 53.1 Å². The zero-order chi connectivity index (χ0) is 24.5. The largest absolute Gasteiger partial charge is 0.454 e. The third-order valence-electron chi connectivity index (χ3n) is 6.20. The van der Waals surface area contributed by atoms with Crippen molar-refractivity contribution in [2.24, 2.45) is 5.73 Å². The number of para-hydroxylation sites is 2. The van der Waals surface area contributed by atoms with Gasteiger partial charge in [0, 0.05) is 15.6 Å². The molecule has 9 heteroatoms. The van der Waals surface area contributed by atoms with Gasteiger partial charge >= 0.3 is 5.97 Å². The first-order chi connectivity index (χ1) is 16.9. The molecule has 0 saturated heterocycles. The van der Waals surface area contributed by atoms with Crippen molar-refractivity contribution in [2.45, 2.75) is 32.2 Å². The first-order valence-corrected chi connectivity index (χ1v) is 12.2. The average molecular weight is 490 g/mol. The Morgan fingerprint density at radius 2 is 1.60 bits per heavy atom. The van der Waals surface area contributed by atoms with Crippen LogP contribution in [0.2, 0.25) is 0 Å².